The minimum absolute atomic E-state index is 0.0272. The number of carbonyl (C=O) groups is 1. The van der Waals surface area contributed by atoms with Gasteiger partial charge in [0.05, 0.1) is 5.56 Å². The molecular formula is C17H9Cl2FN2O2. The van der Waals surface area contributed by atoms with E-state index >= 15 is 0 Å². The molecule has 0 aliphatic heterocycles. The van der Waals surface area contributed by atoms with Crippen LogP contribution in [0.4, 0.5) is 4.39 Å². The molecule has 1 heterocycles. The van der Waals surface area contributed by atoms with Gasteiger partial charge in [0.25, 0.3) is 0 Å². The Kier molecular flexibility index (Phi) is 4.22. The molecular weight excluding hydrogens is 354 g/mol. The van der Waals surface area contributed by atoms with E-state index in [-0.39, 0.29) is 32.7 Å². The van der Waals surface area contributed by atoms with Gasteiger partial charge in [-0.25, -0.2) is 4.39 Å². The first-order valence-corrected chi connectivity index (χ1v) is 7.49. The van der Waals surface area contributed by atoms with E-state index in [4.69, 9.17) is 23.2 Å². The third-order valence-corrected chi connectivity index (χ3v) is 4.09. The highest BCUT2D eigenvalue weighted by Crippen LogP contribution is 2.40. The number of phenols is 1. The second kappa shape index (κ2) is 6.19. The molecule has 24 heavy (non-hydrogen) atoms. The quantitative estimate of drug-likeness (QED) is 0.536. The molecule has 0 fully saturated rings. The average molecular weight is 363 g/mol. The van der Waals surface area contributed by atoms with Gasteiger partial charge in [-0.1, -0.05) is 35.8 Å². The van der Waals surface area contributed by atoms with Gasteiger partial charge in [0, 0.05) is 21.4 Å². The number of aromatic nitrogens is 2. The van der Waals surface area contributed by atoms with Gasteiger partial charge in [0.15, 0.2) is 5.15 Å². The van der Waals surface area contributed by atoms with E-state index < -0.39 is 11.6 Å². The lowest BCUT2D eigenvalue weighted by molar-refractivity contribution is 0.104. The highest BCUT2D eigenvalue weighted by molar-refractivity contribution is 6.37. The van der Waals surface area contributed by atoms with Crippen LogP contribution in [0.2, 0.25) is 10.2 Å². The Bertz CT molecular complexity index is 985. The summed E-state index contributed by atoms with van der Waals surface area (Å²) in [7, 11) is 0. The van der Waals surface area contributed by atoms with Crippen molar-refractivity contribution in [1.82, 2.24) is 10.2 Å². The van der Waals surface area contributed by atoms with Crippen LogP contribution in [-0.2, 0) is 0 Å². The van der Waals surface area contributed by atoms with Crippen LogP contribution < -0.4 is 0 Å². The fraction of sp³-hybridized carbons (Fsp3) is 0. The molecule has 120 valence electrons. The minimum Gasteiger partial charge on any atom is -0.507 e. The Morgan fingerprint density at radius 1 is 1.21 bits per heavy atom. The summed E-state index contributed by atoms with van der Waals surface area (Å²) in [6.45, 7) is 3.41. The van der Waals surface area contributed by atoms with Crippen LogP contribution in [0.15, 0.2) is 43.0 Å². The summed E-state index contributed by atoms with van der Waals surface area (Å²) in [5, 5.41) is 18.4. The number of rotatable bonds is 3. The molecule has 7 heteroatoms. The zero-order valence-electron chi connectivity index (χ0n) is 12.1. The van der Waals surface area contributed by atoms with Crippen molar-refractivity contribution in [3.63, 3.8) is 0 Å². The number of allylic oxidation sites excluding steroid dienone is 1. The van der Waals surface area contributed by atoms with Gasteiger partial charge < -0.3 is 5.11 Å². The first-order chi connectivity index (χ1) is 11.4. The topological polar surface area (TPSA) is 63.1 Å². The van der Waals surface area contributed by atoms with Gasteiger partial charge in [-0.15, -0.1) is 10.2 Å². The Morgan fingerprint density at radius 2 is 1.96 bits per heavy atom. The Labute approximate surface area is 146 Å². The number of hydrogen-bond donors (Lipinski definition) is 1. The second-order valence-electron chi connectivity index (χ2n) is 4.92. The zero-order valence-corrected chi connectivity index (χ0v) is 13.6. The largest absolute Gasteiger partial charge is 0.507 e. The SMILES string of the molecule is C=CC(=O)c1nnc(Cl)c2cc(-c3c(O)cccc3F)c(Cl)cc12. The predicted molar refractivity (Wildman–Crippen MR) is 91.1 cm³/mol. The van der Waals surface area contributed by atoms with E-state index in [9.17, 15) is 14.3 Å². The number of ketones is 1. The maximum Gasteiger partial charge on any atom is 0.206 e. The Hall–Kier alpha value is -2.50. The van der Waals surface area contributed by atoms with E-state index in [1.165, 1.54) is 30.3 Å². The smallest absolute Gasteiger partial charge is 0.206 e. The lowest BCUT2D eigenvalue weighted by Gasteiger charge is -2.11. The van der Waals surface area contributed by atoms with Crippen LogP contribution in [0, 0.1) is 5.82 Å². The maximum atomic E-state index is 14.1. The number of aromatic hydroxyl groups is 1. The number of fused-ring (bicyclic) bond motifs is 1. The maximum absolute atomic E-state index is 14.1. The lowest BCUT2D eigenvalue weighted by atomic mass is 9.99. The van der Waals surface area contributed by atoms with Gasteiger partial charge in [-0.05, 0) is 30.3 Å². The number of halogens is 3. The van der Waals surface area contributed by atoms with Crippen molar-refractivity contribution in [2.75, 3.05) is 0 Å². The minimum atomic E-state index is -0.642. The third-order valence-electron chi connectivity index (χ3n) is 3.50. The van der Waals surface area contributed by atoms with Crippen molar-refractivity contribution in [3.05, 3.63) is 64.7 Å². The highest BCUT2D eigenvalue weighted by Gasteiger charge is 2.19. The molecule has 0 aliphatic rings. The van der Waals surface area contributed by atoms with Crippen molar-refractivity contribution < 1.29 is 14.3 Å². The Morgan fingerprint density at radius 3 is 2.62 bits per heavy atom. The van der Waals surface area contributed by atoms with Crippen molar-refractivity contribution >= 4 is 39.8 Å². The number of hydrogen-bond acceptors (Lipinski definition) is 4. The molecule has 0 saturated carbocycles. The normalized spacial score (nSPS) is 10.8. The molecule has 0 bridgehead atoms. The predicted octanol–water partition coefficient (Wildman–Crippen LogP) is 4.82. The summed E-state index contributed by atoms with van der Waals surface area (Å²) in [6, 6.07) is 6.83. The van der Waals surface area contributed by atoms with Crippen LogP contribution in [0.25, 0.3) is 21.9 Å². The van der Waals surface area contributed by atoms with E-state index in [2.05, 4.69) is 16.8 Å². The Balaban J connectivity index is 2.38. The number of nitrogens with zero attached hydrogens (tertiary/aromatic N) is 2. The van der Waals surface area contributed by atoms with Crippen LogP contribution in [-0.4, -0.2) is 21.1 Å². The molecule has 0 aliphatic carbocycles. The highest BCUT2D eigenvalue weighted by atomic mass is 35.5. The van der Waals surface area contributed by atoms with Gasteiger partial charge >= 0.3 is 0 Å². The van der Waals surface area contributed by atoms with Crippen molar-refractivity contribution in [2.24, 2.45) is 0 Å². The molecule has 0 radical (unpaired) electrons. The number of phenolic OH excluding ortho intramolecular Hbond substituents is 1. The van der Waals surface area contributed by atoms with Gasteiger partial charge in [-0.3, -0.25) is 4.79 Å². The van der Waals surface area contributed by atoms with E-state index in [1.807, 2.05) is 0 Å². The average Bonchev–Trinajstić information content (AvgIpc) is 2.55. The third kappa shape index (κ3) is 2.62. The van der Waals surface area contributed by atoms with Crippen LogP contribution in [0.5, 0.6) is 5.75 Å². The molecule has 0 spiro atoms. The van der Waals surface area contributed by atoms with Gasteiger partial charge in [-0.2, -0.15) is 0 Å². The lowest BCUT2D eigenvalue weighted by Crippen LogP contribution is -2.02. The molecule has 0 atom stereocenters. The molecule has 0 saturated heterocycles. The fourth-order valence-corrected chi connectivity index (χ4v) is 2.84. The first kappa shape index (κ1) is 16.4. The standard InChI is InChI=1S/C17H9Cl2FN2O2/c1-2-13(23)16-8-7-11(18)10(6-9(8)17(19)22-21-16)15-12(20)4-3-5-14(15)24/h2-7,24H,1H2. The van der Waals surface area contributed by atoms with Crippen molar-refractivity contribution in [3.8, 4) is 16.9 Å². The fourth-order valence-electron chi connectivity index (χ4n) is 2.39. The molecule has 0 unspecified atom stereocenters. The number of carbonyl (C=O) groups excluding carboxylic acids is 1. The molecule has 3 aromatic rings. The van der Waals surface area contributed by atoms with Crippen molar-refractivity contribution in [2.45, 2.75) is 0 Å². The summed E-state index contributed by atoms with van der Waals surface area (Å²) >= 11 is 12.3. The summed E-state index contributed by atoms with van der Waals surface area (Å²) in [5.74, 6) is -1.35. The summed E-state index contributed by atoms with van der Waals surface area (Å²) in [5.41, 5.74) is 0.205. The van der Waals surface area contributed by atoms with Crippen LogP contribution >= 0.6 is 23.2 Å². The van der Waals surface area contributed by atoms with Gasteiger partial charge in [0.1, 0.15) is 17.3 Å². The van der Waals surface area contributed by atoms with Crippen LogP contribution in [0.1, 0.15) is 10.5 Å². The summed E-state index contributed by atoms with van der Waals surface area (Å²) in [6.07, 6.45) is 1.10. The summed E-state index contributed by atoms with van der Waals surface area (Å²) in [4.78, 5) is 11.9. The van der Waals surface area contributed by atoms with E-state index in [0.717, 1.165) is 6.08 Å². The molecule has 1 aromatic heterocycles. The van der Waals surface area contributed by atoms with Crippen LogP contribution in [0.3, 0.4) is 0 Å². The molecule has 0 amide bonds. The first-order valence-electron chi connectivity index (χ1n) is 6.74. The molecule has 4 nitrogen and oxygen atoms in total. The van der Waals surface area contributed by atoms with E-state index in [0.29, 0.717) is 10.8 Å². The molecule has 2 aromatic carbocycles. The second-order valence-corrected chi connectivity index (χ2v) is 5.68. The molecule has 3 rings (SSSR count). The number of benzene rings is 2. The zero-order chi connectivity index (χ0) is 17.4. The van der Waals surface area contributed by atoms with Crippen molar-refractivity contribution in [1.29, 1.82) is 0 Å². The van der Waals surface area contributed by atoms with Gasteiger partial charge in [0.2, 0.25) is 5.78 Å². The van der Waals surface area contributed by atoms with E-state index in [1.54, 1.807) is 0 Å². The molecule has 1 N–H and O–H groups in total. The monoisotopic (exact) mass is 362 g/mol. The summed E-state index contributed by atoms with van der Waals surface area (Å²) < 4.78 is 14.1.